The van der Waals surface area contributed by atoms with E-state index in [0.29, 0.717) is 17.0 Å². The summed E-state index contributed by atoms with van der Waals surface area (Å²) in [7, 11) is 3.84. The Balaban J connectivity index is 1.51. The molecule has 4 rings (SSSR count). The third-order valence-corrected chi connectivity index (χ3v) is 6.73. The highest BCUT2D eigenvalue weighted by atomic mass is 16.5. The maximum atomic E-state index is 13.8. The Labute approximate surface area is 229 Å². The van der Waals surface area contributed by atoms with Gasteiger partial charge in [-0.05, 0) is 83.4 Å². The number of nitrogens with one attached hydrogen (secondary N) is 5. The number of likely N-dealkylation sites (tertiary alicyclic amines) is 1. The molecule has 0 aliphatic carbocycles. The summed E-state index contributed by atoms with van der Waals surface area (Å²) in [5.41, 5.74) is 2.70. The number of amides is 1. The maximum Gasteiger partial charge on any atom is 0.259 e. The summed E-state index contributed by atoms with van der Waals surface area (Å²) in [5, 5.41) is 23.2. The van der Waals surface area contributed by atoms with Crippen molar-refractivity contribution >= 4 is 23.3 Å². The van der Waals surface area contributed by atoms with Gasteiger partial charge in [0, 0.05) is 47.0 Å². The Morgan fingerprint density at radius 2 is 1.92 bits per heavy atom. The first kappa shape index (κ1) is 27.7. The summed E-state index contributed by atoms with van der Waals surface area (Å²) in [6.45, 7) is 3.56. The first-order chi connectivity index (χ1) is 18.9. The van der Waals surface area contributed by atoms with Gasteiger partial charge in [-0.15, -0.1) is 0 Å². The highest BCUT2D eigenvalue weighted by Gasteiger charge is 2.30. The van der Waals surface area contributed by atoms with Crippen molar-refractivity contribution in [2.75, 3.05) is 32.5 Å². The molecule has 0 bridgehead atoms. The molecule has 204 valence electrons. The molecule has 0 saturated carbocycles. The van der Waals surface area contributed by atoms with E-state index >= 15 is 0 Å². The summed E-state index contributed by atoms with van der Waals surface area (Å²) in [4.78, 5) is 25.0. The van der Waals surface area contributed by atoms with Crippen LogP contribution in [0.3, 0.4) is 0 Å². The number of H-pyrrole nitrogens is 1. The lowest BCUT2D eigenvalue weighted by molar-refractivity contribution is 0.0748. The molecule has 0 spiro atoms. The van der Waals surface area contributed by atoms with Crippen LogP contribution >= 0.6 is 0 Å². The van der Waals surface area contributed by atoms with Crippen LogP contribution in [0.15, 0.2) is 73.2 Å². The van der Waals surface area contributed by atoms with Crippen molar-refractivity contribution in [2.45, 2.75) is 32.0 Å². The Bertz CT molecular complexity index is 1310. The molecule has 5 N–H and O–H groups in total. The minimum Gasteiger partial charge on any atom is -0.459 e. The highest BCUT2D eigenvalue weighted by Crippen LogP contribution is 2.22. The van der Waals surface area contributed by atoms with Gasteiger partial charge in [0.25, 0.3) is 5.91 Å². The molecule has 1 atom stereocenters. The van der Waals surface area contributed by atoms with Gasteiger partial charge < -0.3 is 19.9 Å². The zero-order valence-electron chi connectivity index (χ0n) is 22.6. The second-order valence-electron chi connectivity index (χ2n) is 9.55. The van der Waals surface area contributed by atoms with E-state index in [2.05, 4.69) is 32.5 Å². The minimum atomic E-state index is -0.280. The van der Waals surface area contributed by atoms with Gasteiger partial charge in [0.1, 0.15) is 17.9 Å². The van der Waals surface area contributed by atoms with Crippen LogP contribution in [0.5, 0.6) is 0 Å². The van der Waals surface area contributed by atoms with Crippen LogP contribution in [-0.4, -0.2) is 76.9 Å². The SMILES string of the molecule is CNC(C)OC(=N)c1cccc(N/C=C\C(=N)N(C(=O)c2cccc(-c3ncc[nH]3)c2)C2CCN(C)CC2)c1. The first-order valence-corrected chi connectivity index (χ1v) is 13.0. The van der Waals surface area contributed by atoms with Crippen molar-refractivity contribution in [3.63, 3.8) is 0 Å². The van der Waals surface area contributed by atoms with Crippen LogP contribution in [0, 0.1) is 10.8 Å². The van der Waals surface area contributed by atoms with Gasteiger partial charge in [-0.3, -0.25) is 25.8 Å². The van der Waals surface area contributed by atoms with Gasteiger partial charge in [0.15, 0.2) is 0 Å². The largest absolute Gasteiger partial charge is 0.459 e. The summed E-state index contributed by atoms with van der Waals surface area (Å²) in [6, 6.07) is 14.6. The number of anilines is 1. The first-order valence-electron chi connectivity index (χ1n) is 13.0. The Kier molecular flexibility index (Phi) is 9.24. The van der Waals surface area contributed by atoms with E-state index in [4.69, 9.17) is 15.6 Å². The molecule has 3 aromatic rings. The third-order valence-electron chi connectivity index (χ3n) is 6.73. The number of imidazole rings is 1. The van der Waals surface area contributed by atoms with E-state index in [1.807, 2.05) is 37.3 Å². The van der Waals surface area contributed by atoms with Gasteiger partial charge >= 0.3 is 0 Å². The predicted molar refractivity (Wildman–Crippen MR) is 154 cm³/mol. The van der Waals surface area contributed by atoms with Gasteiger partial charge in [-0.1, -0.05) is 18.2 Å². The van der Waals surface area contributed by atoms with E-state index in [0.717, 1.165) is 37.2 Å². The number of benzene rings is 2. The molecule has 1 aliphatic rings. The molecule has 10 nitrogen and oxygen atoms in total. The van der Waals surface area contributed by atoms with E-state index in [9.17, 15) is 4.79 Å². The van der Waals surface area contributed by atoms with Gasteiger partial charge in [0.05, 0.1) is 0 Å². The second-order valence-corrected chi connectivity index (χ2v) is 9.55. The quantitative estimate of drug-likeness (QED) is 0.161. The van der Waals surface area contributed by atoms with E-state index in [-0.39, 0.29) is 29.9 Å². The van der Waals surface area contributed by atoms with Crippen molar-refractivity contribution in [1.29, 1.82) is 10.8 Å². The number of aromatic nitrogens is 2. The average Bonchev–Trinajstić information content (AvgIpc) is 3.50. The molecule has 10 heteroatoms. The molecule has 1 aromatic heterocycles. The lowest BCUT2D eigenvalue weighted by atomic mass is 10.0. The predicted octanol–water partition coefficient (Wildman–Crippen LogP) is 4.12. The van der Waals surface area contributed by atoms with Gasteiger partial charge in [0.2, 0.25) is 5.90 Å². The summed E-state index contributed by atoms with van der Waals surface area (Å²) in [5.74, 6) is 0.656. The standard InChI is InChI=1S/C29H36N8O2/c1-20(32-2)39-27(31)21-6-5-9-24(19-21)33-13-10-26(30)37(25-11-16-36(3)17-12-25)29(38)23-8-4-7-22(18-23)28-34-14-15-35-28/h4-10,13-15,18-20,25,30-33H,11-12,16-17H2,1-3H3,(H,34,35)/b13-10-,30-26?,31-27?. The molecule has 2 heterocycles. The molecule has 39 heavy (non-hydrogen) atoms. The molecule has 2 aromatic carbocycles. The number of aromatic amines is 1. The lowest BCUT2D eigenvalue weighted by Gasteiger charge is -2.36. The topological polar surface area (TPSA) is 133 Å². The fourth-order valence-corrected chi connectivity index (χ4v) is 4.44. The molecular formula is C29H36N8O2. The van der Waals surface area contributed by atoms with Crippen molar-refractivity contribution in [1.82, 2.24) is 25.1 Å². The lowest BCUT2D eigenvalue weighted by Crippen LogP contribution is -2.48. The van der Waals surface area contributed by atoms with Crippen LogP contribution < -0.4 is 10.6 Å². The fraction of sp³-hybridized carbons (Fsp3) is 0.310. The molecule has 1 unspecified atom stereocenters. The van der Waals surface area contributed by atoms with E-state index < -0.39 is 0 Å². The monoisotopic (exact) mass is 528 g/mol. The number of piperidine rings is 1. The van der Waals surface area contributed by atoms with Crippen molar-refractivity contribution < 1.29 is 9.53 Å². The number of rotatable bonds is 9. The number of amidine groups is 1. The zero-order valence-corrected chi connectivity index (χ0v) is 22.6. The highest BCUT2D eigenvalue weighted by molar-refractivity contribution is 6.09. The molecule has 1 fully saturated rings. The average molecular weight is 529 g/mol. The number of carbonyl (C=O) groups is 1. The van der Waals surface area contributed by atoms with Gasteiger partial charge in [-0.25, -0.2) is 4.98 Å². The van der Waals surface area contributed by atoms with E-state index in [1.165, 1.54) is 0 Å². The Hall–Kier alpha value is -4.28. The fourth-order valence-electron chi connectivity index (χ4n) is 4.44. The smallest absolute Gasteiger partial charge is 0.259 e. The van der Waals surface area contributed by atoms with Crippen LogP contribution in [0.1, 0.15) is 35.7 Å². The maximum absolute atomic E-state index is 13.8. The third kappa shape index (κ3) is 7.18. The van der Waals surface area contributed by atoms with Crippen LogP contribution in [0.2, 0.25) is 0 Å². The number of hydrogen-bond donors (Lipinski definition) is 5. The van der Waals surface area contributed by atoms with Crippen LogP contribution in [-0.2, 0) is 4.74 Å². The summed E-state index contributed by atoms with van der Waals surface area (Å²) in [6.07, 6.45) is 7.98. The van der Waals surface area contributed by atoms with Crippen molar-refractivity contribution in [2.24, 2.45) is 0 Å². The number of hydrogen-bond acceptors (Lipinski definition) is 8. The summed E-state index contributed by atoms with van der Waals surface area (Å²) >= 11 is 0. The Morgan fingerprint density at radius 1 is 1.18 bits per heavy atom. The molecule has 1 aliphatic heterocycles. The minimum absolute atomic E-state index is 0.0630. The zero-order chi connectivity index (χ0) is 27.8. The number of ether oxygens (including phenoxy) is 1. The molecular weight excluding hydrogens is 492 g/mol. The second kappa shape index (κ2) is 13.0. The van der Waals surface area contributed by atoms with Crippen molar-refractivity contribution in [3.05, 3.63) is 84.3 Å². The molecule has 0 radical (unpaired) electrons. The molecule has 1 saturated heterocycles. The van der Waals surface area contributed by atoms with Crippen molar-refractivity contribution in [3.8, 4) is 11.4 Å². The molecule has 1 amide bonds. The normalized spacial score (nSPS) is 15.2. The number of nitrogens with zero attached hydrogens (tertiary/aromatic N) is 3. The van der Waals surface area contributed by atoms with Gasteiger partial charge in [-0.2, -0.15) is 0 Å². The summed E-state index contributed by atoms with van der Waals surface area (Å²) < 4.78 is 5.53. The Morgan fingerprint density at radius 3 is 2.64 bits per heavy atom. The number of carbonyl (C=O) groups excluding carboxylic acids is 1. The van der Waals surface area contributed by atoms with Crippen LogP contribution in [0.4, 0.5) is 5.69 Å². The van der Waals surface area contributed by atoms with Crippen LogP contribution in [0.25, 0.3) is 11.4 Å². The van der Waals surface area contributed by atoms with E-state index in [1.54, 1.807) is 54.8 Å².